The van der Waals surface area contributed by atoms with Crippen LogP contribution in [0.3, 0.4) is 0 Å². The molecule has 122 valence electrons. The first kappa shape index (κ1) is 16.6. The van der Waals surface area contributed by atoms with E-state index in [1.165, 1.54) is 12.3 Å². The van der Waals surface area contributed by atoms with Crippen molar-refractivity contribution in [3.05, 3.63) is 71.0 Å². The molecule has 0 radical (unpaired) electrons. The number of hydrogen-bond donors (Lipinski definition) is 1. The summed E-state index contributed by atoms with van der Waals surface area (Å²) in [6.07, 6.45) is 3.09. The summed E-state index contributed by atoms with van der Waals surface area (Å²) in [5.74, 6) is -0.580. The molecule has 3 rings (SSSR count). The molecule has 3 aromatic rings. The molecule has 1 N–H and O–H groups in total. The number of fused-ring (bicyclic) bond motifs is 1. The first-order valence-electron chi connectivity index (χ1n) is 7.08. The van der Waals surface area contributed by atoms with E-state index in [0.717, 1.165) is 10.0 Å². The van der Waals surface area contributed by atoms with Crippen molar-refractivity contribution in [2.24, 2.45) is 0 Å². The molecule has 5 nitrogen and oxygen atoms in total. The molecule has 7 heteroatoms. The maximum Gasteiger partial charge on any atom is 0.264 e. The van der Waals surface area contributed by atoms with Crippen molar-refractivity contribution in [1.29, 1.82) is 0 Å². The second-order valence-electron chi connectivity index (χ2n) is 5.18. The highest BCUT2D eigenvalue weighted by atomic mass is 79.9. The predicted molar refractivity (Wildman–Crippen MR) is 94.9 cm³/mol. The zero-order chi connectivity index (χ0) is 17.2. The zero-order valence-corrected chi connectivity index (χ0v) is 14.8. The van der Waals surface area contributed by atoms with Crippen LogP contribution in [0.5, 0.6) is 0 Å². The van der Waals surface area contributed by atoms with Gasteiger partial charge < -0.3 is 0 Å². The second kappa shape index (κ2) is 6.70. The van der Waals surface area contributed by atoms with Gasteiger partial charge in [0.2, 0.25) is 5.91 Å². The van der Waals surface area contributed by atoms with Crippen molar-refractivity contribution < 1.29 is 13.2 Å². The number of hydrogen-bond acceptors (Lipinski definition) is 4. The van der Waals surface area contributed by atoms with E-state index in [4.69, 9.17) is 0 Å². The Balaban J connectivity index is 1.85. The fraction of sp³-hybridized carbons (Fsp3) is 0.0588. The Labute approximate surface area is 147 Å². The van der Waals surface area contributed by atoms with Gasteiger partial charge in [0.25, 0.3) is 10.0 Å². The SMILES string of the molecule is O=C(Cc1ccc(Br)cc1)NS(=O)(=O)c1cccc2cnccc12. The van der Waals surface area contributed by atoms with E-state index >= 15 is 0 Å². The Bertz CT molecular complexity index is 997. The molecule has 1 aromatic heterocycles. The summed E-state index contributed by atoms with van der Waals surface area (Å²) in [4.78, 5) is 16.1. The number of carbonyl (C=O) groups excluding carboxylic acids is 1. The highest BCUT2D eigenvalue weighted by Gasteiger charge is 2.20. The summed E-state index contributed by atoms with van der Waals surface area (Å²) in [6.45, 7) is 0. The van der Waals surface area contributed by atoms with Crippen molar-refractivity contribution in [2.45, 2.75) is 11.3 Å². The smallest absolute Gasteiger partial charge is 0.264 e. The molecule has 24 heavy (non-hydrogen) atoms. The second-order valence-corrected chi connectivity index (χ2v) is 7.75. The first-order valence-corrected chi connectivity index (χ1v) is 9.36. The molecule has 0 aliphatic heterocycles. The molecule has 0 spiro atoms. The van der Waals surface area contributed by atoms with E-state index in [-0.39, 0.29) is 11.3 Å². The number of nitrogens with zero attached hydrogens (tertiary/aromatic N) is 1. The van der Waals surface area contributed by atoms with Gasteiger partial charge in [-0.15, -0.1) is 0 Å². The fourth-order valence-electron chi connectivity index (χ4n) is 2.36. The quantitative estimate of drug-likeness (QED) is 0.724. The molecule has 0 fully saturated rings. The van der Waals surface area contributed by atoms with Crippen molar-refractivity contribution >= 4 is 42.6 Å². The van der Waals surface area contributed by atoms with Crippen LogP contribution in [0.2, 0.25) is 0 Å². The van der Waals surface area contributed by atoms with Crippen LogP contribution in [0.4, 0.5) is 0 Å². The molecule has 0 saturated carbocycles. The van der Waals surface area contributed by atoms with Gasteiger partial charge in [-0.25, -0.2) is 13.1 Å². The molecule has 1 amide bonds. The van der Waals surface area contributed by atoms with Crippen molar-refractivity contribution in [1.82, 2.24) is 9.71 Å². The number of benzene rings is 2. The number of amides is 1. The van der Waals surface area contributed by atoms with Gasteiger partial charge in [0.15, 0.2) is 0 Å². The minimum absolute atomic E-state index is 0.0150. The number of sulfonamides is 1. The molecule has 0 aliphatic carbocycles. The maximum absolute atomic E-state index is 12.5. The van der Waals surface area contributed by atoms with E-state index in [1.54, 1.807) is 48.7 Å². The Morgan fingerprint density at radius 2 is 1.83 bits per heavy atom. The molecule has 0 unspecified atom stereocenters. The average molecular weight is 405 g/mol. The lowest BCUT2D eigenvalue weighted by Crippen LogP contribution is -2.31. The van der Waals surface area contributed by atoms with Crippen LogP contribution < -0.4 is 4.72 Å². The summed E-state index contributed by atoms with van der Waals surface area (Å²) < 4.78 is 28.1. The van der Waals surface area contributed by atoms with E-state index in [2.05, 4.69) is 25.6 Å². The molecule has 0 aliphatic rings. The minimum atomic E-state index is -3.95. The summed E-state index contributed by atoms with van der Waals surface area (Å²) in [5.41, 5.74) is 0.730. The normalized spacial score (nSPS) is 11.4. The molecular formula is C17H13BrN2O3S. The summed E-state index contributed by atoms with van der Waals surface area (Å²) in [6, 6.07) is 13.6. The highest BCUT2D eigenvalue weighted by Crippen LogP contribution is 2.21. The summed E-state index contributed by atoms with van der Waals surface area (Å²) in [5, 5.41) is 1.22. The minimum Gasteiger partial charge on any atom is -0.274 e. The van der Waals surface area contributed by atoms with Crippen LogP contribution in [0.25, 0.3) is 10.8 Å². The Kier molecular flexibility index (Phi) is 4.64. The standard InChI is InChI=1S/C17H13BrN2O3S/c18-14-6-4-12(5-7-14)10-17(21)20-24(22,23)16-3-1-2-13-11-19-9-8-15(13)16/h1-9,11H,10H2,(H,20,21). The van der Waals surface area contributed by atoms with Crippen LogP contribution in [-0.4, -0.2) is 19.3 Å². The van der Waals surface area contributed by atoms with Crippen LogP contribution in [0.1, 0.15) is 5.56 Å². The van der Waals surface area contributed by atoms with E-state index in [0.29, 0.717) is 10.8 Å². The maximum atomic E-state index is 12.5. The predicted octanol–water partition coefficient (Wildman–Crippen LogP) is 3.04. The molecule has 0 atom stereocenters. The van der Waals surface area contributed by atoms with Crippen LogP contribution >= 0.6 is 15.9 Å². The number of halogens is 1. The van der Waals surface area contributed by atoms with Gasteiger partial charge in [-0.3, -0.25) is 9.78 Å². The van der Waals surface area contributed by atoms with Crippen LogP contribution in [0, 0.1) is 0 Å². The fourth-order valence-corrected chi connectivity index (χ4v) is 3.84. The lowest BCUT2D eigenvalue weighted by Gasteiger charge is -2.09. The van der Waals surface area contributed by atoms with Gasteiger partial charge in [0.05, 0.1) is 11.3 Å². The van der Waals surface area contributed by atoms with E-state index in [9.17, 15) is 13.2 Å². The van der Waals surface area contributed by atoms with Gasteiger partial charge in [-0.05, 0) is 29.8 Å². The summed E-state index contributed by atoms with van der Waals surface area (Å²) >= 11 is 3.31. The Hall–Kier alpha value is -2.25. The molecule has 0 saturated heterocycles. The van der Waals surface area contributed by atoms with Gasteiger partial charge in [0, 0.05) is 27.6 Å². The monoisotopic (exact) mass is 404 g/mol. The number of rotatable bonds is 4. The van der Waals surface area contributed by atoms with E-state index in [1.807, 2.05) is 0 Å². The molecule has 2 aromatic carbocycles. The highest BCUT2D eigenvalue weighted by molar-refractivity contribution is 9.10. The number of aromatic nitrogens is 1. The van der Waals surface area contributed by atoms with Crippen LogP contribution in [0.15, 0.2) is 70.3 Å². The molecular weight excluding hydrogens is 392 g/mol. The van der Waals surface area contributed by atoms with E-state index < -0.39 is 15.9 Å². The lowest BCUT2D eigenvalue weighted by molar-refractivity contribution is -0.118. The third kappa shape index (κ3) is 3.63. The van der Waals surface area contributed by atoms with Crippen molar-refractivity contribution in [3.63, 3.8) is 0 Å². The lowest BCUT2D eigenvalue weighted by atomic mass is 10.1. The van der Waals surface area contributed by atoms with Gasteiger partial charge >= 0.3 is 0 Å². The Morgan fingerprint density at radius 1 is 1.08 bits per heavy atom. The summed E-state index contributed by atoms with van der Waals surface area (Å²) in [7, 11) is -3.95. The average Bonchev–Trinajstić information content (AvgIpc) is 2.56. The zero-order valence-electron chi connectivity index (χ0n) is 12.4. The van der Waals surface area contributed by atoms with Crippen molar-refractivity contribution in [3.8, 4) is 0 Å². The van der Waals surface area contributed by atoms with Gasteiger partial charge in [-0.1, -0.05) is 40.2 Å². The molecule has 1 heterocycles. The third-order valence-electron chi connectivity index (χ3n) is 3.46. The number of carbonyl (C=O) groups is 1. The van der Waals surface area contributed by atoms with Gasteiger partial charge in [-0.2, -0.15) is 0 Å². The molecule has 0 bridgehead atoms. The largest absolute Gasteiger partial charge is 0.274 e. The third-order valence-corrected chi connectivity index (χ3v) is 5.42. The first-order chi connectivity index (χ1) is 11.5. The Morgan fingerprint density at radius 3 is 2.58 bits per heavy atom. The number of pyridine rings is 1. The van der Waals surface area contributed by atoms with Crippen molar-refractivity contribution in [2.75, 3.05) is 0 Å². The number of nitrogens with one attached hydrogen (secondary N) is 1. The van der Waals surface area contributed by atoms with Crippen LogP contribution in [-0.2, 0) is 21.2 Å². The topological polar surface area (TPSA) is 76.1 Å². The van der Waals surface area contributed by atoms with Gasteiger partial charge in [0.1, 0.15) is 0 Å².